The molecule has 1 aromatic rings. The molecule has 1 aromatic carbocycles. The standard InChI is InChI=1S/C13H16O2S/c14-13(5-6-13)7-10-1-3-11(4-2-10)16-12-8-15-9-12/h1-4,12,14H,5-9H2. The van der Waals surface area contributed by atoms with Gasteiger partial charge in [0, 0.05) is 11.3 Å². The summed E-state index contributed by atoms with van der Waals surface area (Å²) < 4.78 is 5.15. The molecular weight excluding hydrogens is 220 g/mol. The van der Waals surface area contributed by atoms with Gasteiger partial charge in [0.25, 0.3) is 0 Å². The van der Waals surface area contributed by atoms with E-state index in [0.717, 1.165) is 32.5 Å². The third-order valence-electron chi connectivity index (χ3n) is 3.19. The maximum atomic E-state index is 9.82. The predicted molar refractivity (Wildman–Crippen MR) is 64.8 cm³/mol. The Hall–Kier alpha value is -0.510. The van der Waals surface area contributed by atoms with Crippen molar-refractivity contribution in [2.45, 2.75) is 35.0 Å². The van der Waals surface area contributed by atoms with Gasteiger partial charge in [0.15, 0.2) is 0 Å². The number of hydrogen-bond acceptors (Lipinski definition) is 3. The van der Waals surface area contributed by atoms with Crippen LogP contribution in [-0.4, -0.2) is 29.2 Å². The van der Waals surface area contributed by atoms with Crippen molar-refractivity contribution >= 4 is 11.8 Å². The predicted octanol–water partition coefficient (Wildman–Crippen LogP) is 2.24. The molecule has 0 bridgehead atoms. The first-order valence-electron chi connectivity index (χ1n) is 5.79. The number of aliphatic hydroxyl groups is 1. The molecule has 1 N–H and O–H groups in total. The van der Waals surface area contributed by atoms with Gasteiger partial charge in [-0.1, -0.05) is 12.1 Å². The number of rotatable bonds is 4. The molecule has 1 saturated heterocycles. The Labute approximate surface area is 100 Å². The van der Waals surface area contributed by atoms with E-state index in [1.165, 1.54) is 10.5 Å². The monoisotopic (exact) mass is 236 g/mol. The van der Waals surface area contributed by atoms with Crippen molar-refractivity contribution in [2.24, 2.45) is 0 Å². The molecule has 0 radical (unpaired) electrons. The molecule has 3 rings (SSSR count). The molecule has 0 atom stereocenters. The van der Waals surface area contributed by atoms with Gasteiger partial charge in [-0.05, 0) is 30.5 Å². The molecule has 2 fully saturated rings. The van der Waals surface area contributed by atoms with Gasteiger partial charge < -0.3 is 9.84 Å². The normalized spacial score (nSPS) is 22.8. The molecular formula is C13H16O2S. The lowest BCUT2D eigenvalue weighted by Gasteiger charge is -2.25. The molecule has 1 aliphatic heterocycles. The van der Waals surface area contributed by atoms with Crippen LogP contribution in [0.15, 0.2) is 29.2 Å². The minimum absolute atomic E-state index is 0.379. The Bertz CT molecular complexity index is 366. The van der Waals surface area contributed by atoms with Crippen molar-refractivity contribution in [1.29, 1.82) is 0 Å². The largest absolute Gasteiger partial charge is 0.390 e. The van der Waals surface area contributed by atoms with Crippen molar-refractivity contribution < 1.29 is 9.84 Å². The molecule has 3 heteroatoms. The second-order valence-electron chi connectivity index (χ2n) is 4.82. The molecule has 0 unspecified atom stereocenters. The van der Waals surface area contributed by atoms with Crippen molar-refractivity contribution in [2.75, 3.05) is 13.2 Å². The first kappa shape index (κ1) is 10.6. The highest BCUT2D eigenvalue weighted by molar-refractivity contribution is 8.00. The fourth-order valence-corrected chi connectivity index (χ4v) is 2.87. The summed E-state index contributed by atoms with van der Waals surface area (Å²) in [6, 6.07) is 8.59. The summed E-state index contributed by atoms with van der Waals surface area (Å²) in [4.78, 5) is 1.31. The van der Waals surface area contributed by atoms with Gasteiger partial charge in [-0.15, -0.1) is 11.8 Å². The summed E-state index contributed by atoms with van der Waals surface area (Å²) in [7, 11) is 0. The maximum absolute atomic E-state index is 9.82. The maximum Gasteiger partial charge on any atom is 0.0690 e. The van der Waals surface area contributed by atoms with Gasteiger partial charge >= 0.3 is 0 Å². The molecule has 0 spiro atoms. The van der Waals surface area contributed by atoms with Crippen LogP contribution in [0, 0.1) is 0 Å². The third-order valence-corrected chi connectivity index (χ3v) is 4.34. The van der Waals surface area contributed by atoms with E-state index in [-0.39, 0.29) is 5.60 Å². The zero-order valence-electron chi connectivity index (χ0n) is 9.19. The Kier molecular flexibility index (Phi) is 2.70. The summed E-state index contributed by atoms with van der Waals surface area (Å²) in [6.07, 6.45) is 2.73. The summed E-state index contributed by atoms with van der Waals surface area (Å²) in [5.41, 5.74) is 0.866. The lowest BCUT2D eigenvalue weighted by Crippen LogP contribution is -2.29. The fourth-order valence-electron chi connectivity index (χ4n) is 1.86. The highest BCUT2D eigenvalue weighted by Crippen LogP contribution is 2.38. The second kappa shape index (κ2) is 4.06. The minimum atomic E-state index is -0.379. The summed E-state index contributed by atoms with van der Waals surface area (Å²) >= 11 is 1.89. The molecule has 2 nitrogen and oxygen atoms in total. The van der Waals surface area contributed by atoms with E-state index in [1.807, 2.05) is 11.8 Å². The van der Waals surface area contributed by atoms with Crippen LogP contribution in [0.5, 0.6) is 0 Å². The van der Waals surface area contributed by atoms with Gasteiger partial charge in [-0.3, -0.25) is 0 Å². The van der Waals surface area contributed by atoms with Gasteiger partial charge in [0.2, 0.25) is 0 Å². The van der Waals surface area contributed by atoms with Crippen LogP contribution in [0.1, 0.15) is 18.4 Å². The topological polar surface area (TPSA) is 29.5 Å². The zero-order valence-corrected chi connectivity index (χ0v) is 10.0. The van der Waals surface area contributed by atoms with Crippen LogP contribution < -0.4 is 0 Å². The lowest BCUT2D eigenvalue weighted by atomic mass is 10.1. The lowest BCUT2D eigenvalue weighted by molar-refractivity contribution is 0.0455. The number of hydrogen-bond donors (Lipinski definition) is 1. The zero-order chi connectivity index (χ0) is 11.0. The first-order chi connectivity index (χ1) is 7.73. The number of ether oxygens (including phenoxy) is 1. The first-order valence-corrected chi connectivity index (χ1v) is 6.67. The Morgan fingerprint density at radius 2 is 1.94 bits per heavy atom. The van der Waals surface area contributed by atoms with Crippen molar-refractivity contribution in [3.63, 3.8) is 0 Å². The van der Waals surface area contributed by atoms with Gasteiger partial charge in [-0.25, -0.2) is 0 Å². The molecule has 1 saturated carbocycles. The van der Waals surface area contributed by atoms with E-state index in [1.54, 1.807) is 0 Å². The highest BCUT2D eigenvalue weighted by atomic mass is 32.2. The summed E-state index contributed by atoms with van der Waals surface area (Å²) in [5, 5.41) is 10.5. The van der Waals surface area contributed by atoms with E-state index in [2.05, 4.69) is 24.3 Å². The molecule has 0 amide bonds. The van der Waals surface area contributed by atoms with Crippen LogP contribution >= 0.6 is 11.8 Å². The summed E-state index contributed by atoms with van der Waals surface area (Å²) in [6.45, 7) is 1.76. The molecule has 16 heavy (non-hydrogen) atoms. The Morgan fingerprint density at radius 3 is 2.44 bits per heavy atom. The van der Waals surface area contributed by atoms with E-state index < -0.39 is 0 Å². The average molecular weight is 236 g/mol. The number of thioether (sulfide) groups is 1. The van der Waals surface area contributed by atoms with E-state index >= 15 is 0 Å². The van der Waals surface area contributed by atoms with Crippen LogP contribution in [-0.2, 0) is 11.2 Å². The van der Waals surface area contributed by atoms with E-state index in [0.29, 0.717) is 5.25 Å². The Morgan fingerprint density at radius 1 is 1.25 bits per heavy atom. The molecule has 1 aliphatic carbocycles. The SMILES string of the molecule is OC1(Cc2ccc(SC3COC3)cc2)CC1. The van der Waals surface area contributed by atoms with Gasteiger partial charge in [-0.2, -0.15) is 0 Å². The smallest absolute Gasteiger partial charge is 0.0690 e. The van der Waals surface area contributed by atoms with Gasteiger partial charge in [0.1, 0.15) is 0 Å². The third kappa shape index (κ3) is 2.42. The van der Waals surface area contributed by atoms with Crippen molar-refractivity contribution in [1.82, 2.24) is 0 Å². The molecule has 0 aromatic heterocycles. The molecule has 1 heterocycles. The van der Waals surface area contributed by atoms with Crippen molar-refractivity contribution in [3.05, 3.63) is 29.8 Å². The average Bonchev–Trinajstić information content (AvgIpc) is 2.92. The van der Waals surface area contributed by atoms with E-state index in [9.17, 15) is 5.11 Å². The van der Waals surface area contributed by atoms with E-state index in [4.69, 9.17) is 4.74 Å². The van der Waals surface area contributed by atoms with Crippen LogP contribution in [0.3, 0.4) is 0 Å². The van der Waals surface area contributed by atoms with Crippen LogP contribution in [0.2, 0.25) is 0 Å². The fraction of sp³-hybridized carbons (Fsp3) is 0.538. The van der Waals surface area contributed by atoms with Crippen molar-refractivity contribution in [3.8, 4) is 0 Å². The van der Waals surface area contributed by atoms with Crippen LogP contribution in [0.25, 0.3) is 0 Å². The molecule has 86 valence electrons. The Balaban J connectivity index is 1.60. The quantitative estimate of drug-likeness (QED) is 0.869. The van der Waals surface area contributed by atoms with Gasteiger partial charge in [0.05, 0.1) is 24.1 Å². The molecule has 2 aliphatic rings. The summed E-state index contributed by atoms with van der Waals surface area (Å²) in [5.74, 6) is 0. The highest BCUT2D eigenvalue weighted by Gasteiger charge is 2.39. The number of benzene rings is 1. The minimum Gasteiger partial charge on any atom is -0.390 e. The van der Waals surface area contributed by atoms with Crippen LogP contribution in [0.4, 0.5) is 0 Å². The second-order valence-corrected chi connectivity index (χ2v) is 6.20.